The van der Waals surface area contributed by atoms with Crippen molar-refractivity contribution in [1.82, 2.24) is 0 Å². The van der Waals surface area contributed by atoms with Gasteiger partial charge >= 0.3 is 0 Å². The zero-order valence-corrected chi connectivity index (χ0v) is 7.91. The maximum Gasteiger partial charge on any atom is 0.0644 e. The highest BCUT2D eigenvalue weighted by molar-refractivity contribution is 5.14. The lowest BCUT2D eigenvalue weighted by molar-refractivity contribution is 0.160. The van der Waals surface area contributed by atoms with Gasteiger partial charge in [0.25, 0.3) is 0 Å². The van der Waals surface area contributed by atoms with E-state index in [0.717, 1.165) is 19.4 Å². The summed E-state index contributed by atoms with van der Waals surface area (Å²) in [6.07, 6.45) is 3.96. The average Bonchev–Trinajstić information content (AvgIpc) is 2.19. The number of ether oxygens (including phenoxy) is 1. The zero-order valence-electron chi connectivity index (χ0n) is 7.91. The molecule has 0 radical (unpaired) electrons. The largest absolute Gasteiger partial charge is 0.377 e. The maximum absolute atomic E-state index is 5.29. The van der Waals surface area contributed by atoms with Crippen molar-refractivity contribution in [3.8, 4) is 0 Å². The summed E-state index contributed by atoms with van der Waals surface area (Å²) in [5.41, 5.74) is 1.38. The lowest BCUT2D eigenvalue weighted by Gasteiger charge is -2.01. The standard InChI is InChI=1S/C12H16O/c1-2-10-13-11-6-9-12-7-4-3-5-8-12/h2-5,7-8H,1,6,9-11H2. The summed E-state index contributed by atoms with van der Waals surface area (Å²) in [4.78, 5) is 0. The number of aryl methyl sites for hydroxylation is 1. The number of rotatable bonds is 6. The molecule has 1 nitrogen and oxygen atoms in total. The van der Waals surface area contributed by atoms with Crippen LogP contribution in [-0.2, 0) is 11.2 Å². The van der Waals surface area contributed by atoms with E-state index in [2.05, 4.69) is 30.8 Å². The first kappa shape index (κ1) is 10.0. The zero-order chi connectivity index (χ0) is 9.36. The van der Waals surface area contributed by atoms with Crippen LogP contribution in [0.25, 0.3) is 0 Å². The predicted octanol–water partition coefficient (Wildman–Crippen LogP) is 2.82. The molecular formula is C12H16O. The van der Waals surface area contributed by atoms with Gasteiger partial charge in [-0.2, -0.15) is 0 Å². The van der Waals surface area contributed by atoms with Crippen molar-refractivity contribution in [3.05, 3.63) is 48.6 Å². The first-order valence-electron chi connectivity index (χ1n) is 4.66. The number of hydrogen-bond acceptors (Lipinski definition) is 1. The third kappa shape index (κ3) is 4.48. The molecule has 1 aromatic carbocycles. The molecule has 13 heavy (non-hydrogen) atoms. The summed E-state index contributed by atoms with van der Waals surface area (Å²) in [5, 5.41) is 0. The summed E-state index contributed by atoms with van der Waals surface area (Å²) >= 11 is 0. The lowest BCUT2D eigenvalue weighted by atomic mass is 10.1. The third-order valence-electron chi connectivity index (χ3n) is 1.83. The molecule has 0 amide bonds. The molecule has 0 N–H and O–H groups in total. The van der Waals surface area contributed by atoms with Crippen molar-refractivity contribution in [3.63, 3.8) is 0 Å². The van der Waals surface area contributed by atoms with Gasteiger partial charge in [0, 0.05) is 6.61 Å². The molecule has 0 aromatic heterocycles. The van der Waals surface area contributed by atoms with Gasteiger partial charge in [0.05, 0.1) is 6.61 Å². The summed E-state index contributed by atoms with van der Waals surface area (Å²) in [6.45, 7) is 5.07. The van der Waals surface area contributed by atoms with Crippen LogP contribution in [0.1, 0.15) is 12.0 Å². The molecule has 0 aliphatic carbocycles. The Morgan fingerprint density at radius 2 is 2.00 bits per heavy atom. The first-order chi connectivity index (χ1) is 6.43. The van der Waals surface area contributed by atoms with Crippen molar-refractivity contribution in [2.45, 2.75) is 12.8 Å². The summed E-state index contributed by atoms with van der Waals surface area (Å²) in [5.74, 6) is 0. The van der Waals surface area contributed by atoms with Gasteiger partial charge < -0.3 is 4.74 Å². The highest BCUT2D eigenvalue weighted by Crippen LogP contribution is 2.01. The van der Waals surface area contributed by atoms with Crippen LogP contribution >= 0.6 is 0 Å². The van der Waals surface area contributed by atoms with Crippen LogP contribution in [0.15, 0.2) is 43.0 Å². The summed E-state index contributed by atoms with van der Waals surface area (Å²) < 4.78 is 5.29. The molecule has 0 unspecified atom stereocenters. The quantitative estimate of drug-likeness (QED) is 0.478. The Morgan fingerprint density at radius 3 is 2.69 bits per heavy atom. The predicted molar refractivity (Wildman–Crippen MR) is 55.8 cm³/mol. The SMILES string of the molecule is C=CCOCCCc1ccccc1. The van der Waals surface area contributed by atoms with E-state index in [-0.39, 0.29) is 0 Å². The second kappa shape index (κ2) is 6.44. The first-order valence-corrected chi connectivity index (χ1v) is 4.66. The molecule has 0 spiro atoms. The molecular weight excluding hydrogens is 160 g/mol. The molecule has 0 bridgehead atoms. The van der Waals surface area contributed by atoms with E-state index in [4.69, 9.17) is 4.74 Å². The maximum atomic E-state index is 5.29. The smallest absolute Gasteiger partial charge is 0.0644 e. The van der Waals surface area contributed by atoms with Gasteiger partial charge in [-0.05, 0) is 18.4 Å². The van der Waals surface area contributed by atoms with Gasteiger partial charge in [0.1, 0.15) is 0 Å². The Bertz CT molecular complexity index is 228. The molecule has 1 rings (SSSR count). The van der Waals surface area contributed by atoms with Gasteiger partial charge in [-0.3, -0.25) is 0 Å². The molecule has 0 heterocycles. The molecule has 1 heteroatoms. The van der Waals surface area contributed by atoms with Crippen LogP contribution in [0, 0.1) is 0 Å². The Hall–Kier alpha value is -1.08. The molecule has 0 fully saturated rings. The fraction of sp³-hybridized carbons (Fsp3) is 0.333. The molecule has 0 aliphatic rings. The molecule has 0 saturated heterocycles. The van der Waals surface area contributed by atoms with Crippen LogP contribution in [0.2, 0.25) is 0 Å². The van der Waals surface area contributed by atoms with Crippen LogP contribution in [0.4, 0.5) is 0 Å². The molecule has 0 atom stereocenters. The van der Waals surface area contributed by atoms with Gasteiger partial charge in [-0.15, -0.1) is 6.58 Å². The summed E-state index contributed by atoms with van der Waals surface area (Å²) in [6, 6.07) is 10.5. The number of hydrogen-bond donors (Lipinski definition) is 0. The van der Waals surface area contributed by atoms with Crippen LogP contribution in [0.3, 0.4) is 0 Å². The minimum atomic E-state index is 0.661. The van der Waals surface area contributed by atoms with Crippen LogP contribution in [0.5, 0.6) is 0 Å². The molecule has 0 aliphatic heterocycles. The van der Waals surface area contributed by atoms with E-state index in [1.54, 1.807) is 6.08 Å². The fourth-order valence-corrected chi connectivity index (χ4v) is 1.19. The molecule has 70 valence electrons. The third-order valence-corrected chi connectivity index (χ3v) is 1.83. The van der Waals surface area contributed by atoms with E-state index in [0.29, 0.717) is 6.61 Å². The minimum Gasteiger partial charge on any atom is -0.377 e. The second-order valence-corrected chi connectivity index (χ2v) is 2.95. The highest BCUT2D eigenvalue weighted by Gasteiger charge is 1.90. The van der Waals surface area contributed by atoms with Crippen LogP contribution in [-0.4, -0.2) is 13.2 Å². The van der Waals surface area contributed by atoms with E-state index in [1.807, 2.05) is 6.07 Å². The average molecular weight is 176 g/mol. The van der Waals surface area contributed by atoms with E-state index < -0.39 is 0 Å². The van der Waals surface area contributed by atoms with Crippen molar-refractivity contribution >= 4 is 0 Å². The Labute approximate surface area is 80.0 Å². The minimum absolute atomic E-state index is 0.661. The Balaban J connectivity index is 2.10. The Kier molecular flexibility index (Phi) is 4.95. The van der Waals surface area contributed by atoms with Gasteiger partial charge in [-0.1, -0.05) is 36.4 Å². The van der Waals surface area contributed by atoms with Crippen molar-refractivity contribution in [2.24, 2.45) is 0 Å². The fourth-order valence-electron chi connectivity index (χ4n) is 1.19. The summed E-state index contributed by atoms with van der Waals surface area (Å²) in [7, 11) is 0. The normalized spacial score (nSPS) is 9.85. The van der Waals surface area contributed by atoms with Crippen molar-refractivity contribution < 1.29 is 4.74 Å². The monoisotopic (exact) mass is 176 g/mol. The van der Waals surface area contributed by atoms with Gasteiger partial charge in [-0.25, -0.2) is 0 Å². The topological polar surface area (TPSA) is 9.23 Å². The molecule has 0 saturated carbocycles. The molecule has 1 aromatic rings. The highest BCUT2D eigenvalue weighted by atomic mass is 16.5. The van der Waals surface area contributed by atoms with Gasteiger partial charge in [0.15, 0.2) is 0 Å². The van der Waals surface area contributed by atoms with Crippen molar-refractivity contribution in [2.75, 3.05) is 13.2 Å². The van der Waals surface area contributed by atoms with E-state index in [1.165, 1.54) is 5.56 Å². The van der Waals surface area contributed by atoms with E-state index >= 15 is 0 Å². The lowest BCUT2D eigenvalue weighted by Crippen LogP contribution is -1.96. The van der Waals surface area contributed by atoms with E-state index in [9.17, 15) is 0 Å². The van der Waals surface area contributed by atoms with Gasteiger partial charge in [0.2, 0.25) is 0 Å². The Morgan fingerprint density at radius 1 is 1.23 bits per heavy atom. The second-order valence-electron chi connectivity index (χ2n) is 2.95. The van der Waals surface area contributed by atoms with Crippen LogP contribution < -0.4 is 0 Å². The number of benzene rings is 1. The van der Waals surface area contributed by atoms with Crippen molar-refractivity contribution in [1.29, 1.82) is 0 Å².